The fraction of sp³-hybridized carbons (Fsp3) is 0.211. The molecular formula is C19H18N4OS. The minimum atomic E-state index is -0.409. The second kappa shape index (κ2) is 6.64. The molecule has 1 aliphatic carbocycles. The van der Waals surface area contributed by atoms with Crippen LogP contribution in [0.1, 0.15) is 18.1 Å². The molecule has 2 aromatic carbocycles. The van der Waals surface area contributed by atoms with Crippen LogP contribution in [0, 0.1) is 0 Å². The van der Waals surface area contributed by atoms with Crippen LogP contribution in [0.3, 0.4) is 0 Å². The molecule has 0 aliphatic heterocycles. The van der Waals surface area contributed by atoms with Crippen LogP contribution in [0.25, 0.3) is 10.2 Å². The average Bonchev–Trinajstić information content (AvgIpc) is 3.22. The van der Waals surface area contributed by atoms with Crippen molar-refractivity contribution in [2.24, 2.45) is 5.10 Å². The van der Waals surface area contributed by atoms with Crippen molar-refractivity contribution >= 4 is 38.3 Å². The number of aromatic nitrogens is 1. The van der Waals surface area contributed by atoms with Gasteiger partial charge < -0.3 is 5.32 Å². The van der Waals surface area contributed by atoms with Gasteiger partial charge in [-0.25, -0.2) is 10.4 Å². The minimum Gasteiger partial charge on any atom is -0.350 e. The quantitative estimate of drug-likeness (QED) is 0.709. The number of carbonyl (C=O) groups is 1. The van der Waals surface area contributed by atoms with E-state index in [1.54, 1.807) is 0 Å². The highest BCUT2D eigenvalue weighted by atomic mass is 32.1. The molecule has 0 saturated heterocycles. The van der Waals surface area contributed by atoms with Gasteiger partial charge in [0.2, 0.25) is 0 Å². The van der Waals surface area contributed by atoms with E-state index in [2.05, 4.69) is 33.0 Å². The van der Waals surface area contributed by atoms with E-state index >= 15 is 0 Å². The summed E-state index contributed by atoms with van der Waals surface area (Å²) in [4.78, 5) is 16.8. The fourth-order valence-corrected chi connectivity index (χ4v) is 3.85. The number of carbonyl (C=O) groups excluding carboxylic acids is 1. The average molecular weight is 350 g/mol. The number of hydrazone groups is 1. The number of anilines is 1. The summed E-state index contributed by atoms with van der Waals surface area (Å²) < 4.78 is 1.10. The van der Waals surface area contributed by atoms with Gasteiger partial charge in [-0.2, -0.15) is 5.10 Å². The molecule has 1 aromatic heterocycles. The first kappa shape index (κ1) is 15.8. The van der Waals surface area contributed by atoms with Crippen molar-refractivity contribution in [2.75, 3.05) is 5.32 Å². The van der Waals surface area contributed by atoms with Gasteiger partial charge in [-0.05, 0) is 30.2 Å². The van der Waals surface area contributed by atoms with Crippen LogP contribution < -0.4 is 10.7 Å². The molecule has 0 fully saturated rings. The zero-order valence-electron chi connectivity index (χ0n) is 13.8. The third-order valence-corrected chi connectivity index (χ3v) is 5.23. The van der Waals surface area contributed by atoms with Crippen LogP contribution >= 0.6 is 11.3 Å². The van der Waals surface area contributed by atoms with E-state index in [9.17, 15) is 4.79 Å². The molecule has 4 rings (SSSR count). The zero-order chi connectivity index (χ0) is 17.2. The summed E-state index contributed by atoms with van der Waals surface area (Å²) in [6, 6.07) is 15.8. The Bertz CT molecular complexity index is 903. The molecule has 25 heavy (non-hydrogen) atoms. The Morgan fingerprint density at radius 3 is 2.52 bits per heavy atom. The van der Waals surface area contributed by atoms with E-state index in [1.807, 2.05) is 43.3 Å². The van der Waals surface area contributed by atoms with Gasteiger partial charge in [0.15, 0.2) is 5.13 Å². The highest BCUT2D eigenvalue weighted by molar-refractivity contribution is 7.22. The molecular weight excluding hydrogens is 332 g/mol. The van der Waals surface area contributed by atoms with Crippen LogP contribution in [0.15, 0.2) is 53.6 Å². The molecule has 0 radical (unpaired) electrons. The van der Waals surface area contributed by atoms with Crippen molar-refractivity contribution in [3.63, 3.8) is 0 Å². The minimum absolute atomic E-state index is 0.164. The molecule has 5 nitrogen and oxygen atoms in total. The SMILES string of the molecule is C[C@H](Nc1nc2ccccc2s1)C(=O)NN=C1Cc2ccccc2C1. The molecule has 0 saturated carbocycles. The van der Waals surface area contributed by atoms with Crippen LogP contribution in [0.5, 0.6) is 0 Å². The maximum Gasteiger partial charge on any atom is 0.262 e. The molecule has 0 unspecified atom stereocenters. The van der Waals surface area contributed by atoms with Crippen molar-refractivity contribution in [3.05, 3.63) is 59.7 Å². The Kier molecular flexibility index (Phi) is 4.19. The summed E-state index contributed by atoms with van der Waals surface area (Å²) >= 11 is 1.54. The predicted octanol–water partition coefficient (Wildman–Crippen LogP) is 3.37. The number of thiazole rings is 1. The van der Waals surface area contributed by atoms with Crippen molar-refractivity contribution in [1.82, 2.24) is 10.4 Å². The molecule has 0 spiro atoms. The Balaban J connectivity index is 1.37. The third kappa shape index (κ3) is 3.39. The lowest BCUT2D eigenvalue weighted by Gasteiger charge is -2.10. The largest absolute Gasteiger partial charge is 0.350 e. The summed E-state index contributed by atoms with van der Waals surface area (Å²) in [6.07, 6.45) is 1.60. The maximum atomic E-state index is 12.3. The van der Waals surface area contributed by atoms with E-state index < -0.39 is 6.04 Å². The molecule has 1 aliphatic rings. The van der Waals surface area contributed by atoms with Gasteiger partial charge in [0.25, 0.3) is 5.91 Å². The predicted molar refractivity (Wildman–Crippen MR) is 102 cm³/mol. The van der Waals surface area contributed by atoms with Crippen molar-refractivity contribution in [1.29, 1.82) is 0 Å². The van der Waals surface area contributed by atoms with E-state index in [4.69, 9.17) is 0 Å². The normalized spacial score (nSPS) is 14.2. The van der Waals surface area contributed by atoms with Gasteiger partial charge in [0, 0.05) is 18.6 Å². The van der Waals surface area contributed by atoms with Crippen molar-refractivity contribution in [2.45, 2.75) is 25.8 Å². The lowest BCUT2D eigenvalue weighted by Crippen LogP contribution is -2.35. The number of nitrogens with one attached hydrogen (secondary N) is 2. The number of nitrogens with zero attached hydrogens (tertiary/aromatic N) is 2. The Morgan fingerprint density at radius 2 is 1.80 bits per heavy atom. The van der Waals surface area contributed by atoms with E-state index in [1.165, 1.54) is 22.5 Å². The Labute approximate surface area is 149 Å². The zero-order valence-corrected chi connectivity index (χ0v) is 14.6. The van der Waals surface area contributed by atoms with Crippen LogP contribution in [-0.4, -0.2) is 22.6 Å². The monoisotopic (exact) mass is 350 g/mol. The molecule has 1 heterocycles. The van der Waals surface area contributed by atoms with Gasteiger partial charge in [-0.3, -0.25) is 4.79 Å². The number of rotatable bonds is 4. The second-order valence-electron chi connectivity index (χ2n) is 6.13. The molecule has 0 bridgehead atoms. The molecule has 3 aromatic rings. The number of para-hydroxylation sites is 1. The highest BCUT2D eigenvalue weighted by Crippen LogP contribution is 2.25. The van der Waals surface area contributed by atoms with Crippen LogP contribution in [0.4, 0.5) is 5.13 Å². The Hall–Kier alpha value is -2.73. The number of benzene rings is 2. The number of amides is 1. The molecule has 6 heteroatoms. The van der Waals surface area contributed by atoms with Crippen molar-refractivity contribution in [3.8, 4) is 0 Å². The van der Waals surface area contributed by atoms with E-state index in [0.717, 1.165) is 33.9 Å². The summed E-state index contributed by atoms with van der Waals surface area (Å²) in [5.41, 5.74) is 7.18. The van der Waals surface area contributed by atoms with Gasteiger partial charge >= 0.3 is 0 Å². The van der Waals surface area contributed by atoms with Gasteiger partial charge in [-0.15, -0.1) is 0 Å². The first-order chi connectivity index (χ1) is 12.2. The number of hydrogen-bond acceptors (Lipinski definition) is 5. The molecule has 126 valence electrons. The number of fused-ring (bicyclic) bond motifs is 2. The summed E-state index contributed by atoms with van der Waals surface area (Å²) in [7, 11) is 0. The molecule has 1 atom stereocenters. The first-order valence-electron chi connectivity index (χ1n) is 8.23. The highest BCUT2D eigenvalue weighted by Gasteiger charge is 2.18. The van der Waals surface area contributed by atoms with Crippen molar-refractivity contribution < 1.29 is 4.79 Å². The van der Waals surface area contributed by atoms with Gasteiger partial charge in [0.1, 0.15) is 6.04 Å². The van der Waals surface area contributed by atoms with Gasteiger partial charge in [-0.1, -0.05) is 47.7 Å². The lowest BCUT2D eigenvalue weighted by atomic mass is 10.1. The van der Waals surface area contributed by atoms with Gasteiger partial charge in [0.05, 0.1) is 10.2 Å². The standard InChI is InChI=1S/C19H18N4OS/c1-12(20-19-21-16-8-4-5-9-17(16)25-19)18(24)23-22-15-10-13-6-2-3-7-14(13)11-15/h2-9,12H,10-11H2,1H3,(H,20,21)(H,23,24)/t12-/m0/s1. The summed E-state index contributed by atoms with van der Waals surface area (Å²) in [5.74, 6) is -0.164. The molecule has 1 amide bonds. The van der Waals surface area contributed by atoms with Crippen LogP contribution in [0.2, 0.25) is 0 Å². The molecule has 2 N–H and O–H groups in total. The third-order valence-electron chi connectivity index (χ3n) is 4.26. The topological polar surface area (TPSA) is 66.4 Å². The van der Waals surface area contributed by atoms with E-state index in [0.29, 0.717) is 0 Å². The first-order valence-corrected chi connectivity index (χ1v) is 9.05. The maximum absolute atomic E-state index is 12.3. The fourth-order valence-electron chi connectivity index (χ4n) is 2.90. The van der Waals surface area contributed by atoms with E-state index in [-0.39, 0.29) is 5.91 Å². The lowest BCUT2D eigenvalue weighted by molar-refractivity contribution is -0.121. The smallest absolute Gasteiger partial charge is 0.262 e. The number of hydrogen-bond donors (Lipinski definition) is 2. The summed E-state index contributed by atoms with van der Waals surface area (Å²) in [6.45, 7) is 1.81. The summed E-state index contributed by atoms with van der Waals surface area (Å²) in [5, 5.41) is 8.19. The van der Waals surface area contributed by atoms with Crippen LogP contribution in [-0.2, 0) is 17.6 Å². The second-order valence-corrected chi connectivity index (χ2v) is 7.16. The Morgan fingerprint density at radius 1 is 1.12 bits per heavy atom.